The zero-order valence-electron chi connectivity index (χ0n) is 10.7. The molecule has 0 fully saturated rings. The molecule has 9 heteroatoms. The average Bonchev–Trinajstić information content (AvgIpc) is 2.44. The van der Waals surface area contributed by atoms with Gasteiger partial charge in [0.15, 0.2) is 0 Å². The van der Waals surface area contributed by atoms with Gasteiger partial charge in [-0.3, -0.25) is 25.0 Å². The van der Waals surface area contributed by atoms with Gasteiger partial charge in [-0.25, -0.2) is 0 Å². The highest BCUT2D eigenvalue weighted by Crippen LogP contribution is 2.23. The number of nitrogens with two attached hydrogens (primary N) is 1. The van der Waals surface area contributed by atoms with Crippen LogP contribution in [0.15, 0.2) is 18.2 Å². The van der Waals surface area contributed by atoms with Gasteiger partial charge in [-0.15, -0.1) is 12.3 Å². The number of terminal acetylenes is 1. The topological polar surface area (TPSA) is 139 Å². The Kier molecular flexibility index (Phi) is 5.33. The Labute approximate surface area is 119 Å². The van der Waals surface area contributed by atoms with Crippen LogP contribution < -0.4 is 5.73 Å². The SMILES string of the molecule is C#CCC(N)C(=O)OCc1cc([N+](=O)[O-])cc([N+](=O)[O-])c1. The molecule has 110 valence electrons. The van der Waals surface area contributed by atoms with E-state index in [4.69, 9.17) is 16.9 Å². The lowest BCUT2D eigenvalue weighted by Gasteiger charge is -2.08. The molecule has 9 nitrogen and oxygen atoms in total. The van der Waals surface area contributed by atoms with E-state index in [-0.39, 0.29) is 18.6 Å². The molecule has 1 unspecified atom stereocenters. The van der Waals surface area contributed by atoms with Crippen molar-refractivity contribution in [2.45, 2.75) is 19.1 Å². The van der Waals surface area contributed by atoms with Gasteiger partial charge in [-0.05, 0) is 0 Å². The second kappa shape index (κ2) is 6.97. The highest BCUT2D eigenvalue weighted by atomic mass is 16.6. The first-order valence-electron chi connectivity index (χ1n) is 5.63. The van der Waals surface area contributed by atoms with E-state index in [0.29, 0.717) is 0 Å². The Morgan fingerprint density at radius 2 is 1.81 bits per heavy atom. The van der Waals surface area contributed by atoms with Crippen molar-refractivity contribution in [3.63, 3.8) is 0 Å². The number of rotatable bonds is 6. The fraction of sp³-hybridized carbons (Fsp3) is 0.250. The summed E-state index contributed by atoms with van der Waals surface area (Å²) in [5.74, 6) is 1.40. The summed E-state index contributed by atoms with van der Waals surface area (Å²) in [5.41, 5.74) is 4.58. The summed E-state index contributed by atoms with van der Waals surface area (Å²) in [6.07, 6.45) is 4.97. The van der Waals surface area contributed by atoms with Gasteiger partial charge >= 0.3 is 5.97 Å². The van der Waals surface area contributed by atoms with Crippen molar-refractivity contribution in [2.24, 2.45) is 5.73 Å². The fourth-order valence-corrected chi connectivity index (χ4v) is 1.42. The maximum atomic E-state index is 11.4. The van der Waals surface area contributed by atoms with E-state index in [1.807, 2.05) is 0 Å². The van der Waals surface area contributed by atoms with Crippen LogP contribution in [0.2, 0.25) is 0 Å². The van der Waals surface area contributed by atoms with Crippen molar-refractivity contribution in [3.05, 3.63) is 44.0 Å². The Morgan fingerprint density at radius 1 is 1.29 bits per heavy atom. The van der Waals surface area contributed by atoms with Crippen molar-refractivity contribution >= 4 is 17.3 Å². The molecule has 0 radical (unpaired) electrons. The normalized spacial score (nSPS) is 11.2. The van der Waals surface area contributed by atoms with E-state index in [0.717, 1.165) is 18.2 Å². The largest absolute Gasteiger partial charge is 0.460 e. The first kappa shape index (κ1) is 16.1. The van der Waals surface area contributed by atoms with Crippen LogP contribution in [0.25, 0.3) is 0 Å². The summed E-state index contributed by atoms with van der Waals surface area (Å²) in [7, 11) is 0. The number of non-ortho nitro benzene ring substituents is 2. The maximum absolute atomic E-state index is 11.4. The maximum Gasteiger partial charge on any atom is 0.324 e. The number of hydrogen-bond acceptors (Lipinski definition) is 7. The van der Waals surface area contributed by atoms with E-state index in [1.54, 1.807) is 0 Å². The van der Waals surface area contributed by atoms with Gasteiger partial charge in [0.2, 0.25) is 0 Å². The average molecular weight is 293 g/mol. The molecule has 0 amide bonds. The van der Waals surface area contributed by atoms with E-state index < -0.39 is 33.2 Å². The second-order valence-corrected chi connectivity index (χ2v) is 3.99. The molecular formula is C12H11N3O6. The van der Waals surface area contributed by atoms with Gasteiger partial charge in [0.25, 0.3) is 11.4 Å². The molecule has 0 heterocycles. The number of nitro benzene ring substituents is 2. The van der Waals surface area contributed by atoms with Crippen LogP contribution in [-0.4, -0.2) is 21.9 Å². The van der Waals surface area contributed by atoms with E-state index in [1.165, 1.54) is 0 Å². The predicted octanol–water partition coefficient (Wildman–Crippen LogP) is 0.897. The van der Waals surface area contributed by atoms with Gasteiger partial charge in [0.1, 0.15) is 12.6 Å². The first-order chi connectivity index (χ1) is 9.85. The minimum absolute atomic E-state index is 0.0199. The molecule has 0 aromatic heterocycles. The molecule has 0 aliphatic rings. The highest BCUT2D eigenvalue weighted by Gasteiger charge is 2.18. The van der Waals surface area contributed by atoms with Crippen LogP contribution in [0.1, 0.15) is 12.0 Å². The van der Waals surface area contributed by atoms with Crippen LogP contribution in [0.3, 0.4) is 0 Å². The predicted molar refractivity (Wildman–Crippen MR) is 71.0 cm³/mol. The van der Waals surface area contributed by atoms with Gasteiger partial charge in [-0.2, -0.15) is 0 Å². The van der Waals surface area contributed by atoms with Crippen LogP contribution in [0, 0.1) is 32.6 Å². The molecule has 0 saturated carbocycles. The second-order valence-electron chi connectivity index (χ2n) is 3.99. The number of benzene rings is 1. The van der Waals surface area contributed by atoms with E-state index in [2.05, 4.69) is 5.92 Å². The van der Waals surface area contributed by atoms with E-state index >= 15 is 0 Å². The smallest absolute Gasteiger partial charge is 0.324 e. The summed E-state index contributed by atoms with van der Waals surface area (Å²) in [5, 5.41) is 21.4. The van der Waals surface area contributed by atoms with Crippen molar-refractivity contribution in [1.82, 2.24) is 0 Å². The number of carbonyl (C=O) groups excluding carboxylic acids is 1. The molecule has 1 aromatic rings. The highest BCUT2D eigenvalue weighted by molar-refractivity contribution is 5.75. The third kappa shape index (κ3) is 4.55. The molecule has 0 aliphatic heterocycles. The summed E-state index contributed by atoms with van der Waals surface area (Å²) in [4.78, 5) is 31.3. The van der Waals surface area contributed by atoms with Crippen molar-refractivity contribution in [1.29, 1.82) is 0 Å². The van der Waals surface area contributed by atoms with Gasteiger partial charge in [0, 0.05) is 24.1 Å². The Morgan fingerprint density at radius 3 is 2.24 bits per heavy atom. The molecule has 1 aromatic carbocycles. The van der Waals surface area contributed by atoms with Crippen molar-refractivity contribution in [3.8, 4) is 12.3 Å². The summed E-state index contributed by atoms with van der Waals surface area (Å²) < 4.78 is 4.81. The number of hydrogen-bond donors (Lipinski definition) is 1. The third-order valence-corrected chi connectivity index (χ3v) is 2.41. The Bertz CT molecular complexity index is 590. The minimum atomic E-state index is -1.01. The number of esters is 1. The zero-order valence-corrected chi connectivity index (χ0v) is 10.7. The lowest BCUT2D eigenvalue weighted by Crippen LogP contribution is -2.31. The van der Waals surface area contributed by atoms with Crippen molar-refractivity contribution in [2.75, 3.05) is 0 Å². The summed E-state index contributed by atoms with van der Waals surface area (Å²) in [6.45, 7) is -0.375. The molecule has 0 aliphatic carbocycles. The molecule has 2 N–H and O–H groups in total. The van der Waals surface area contributed by atoms with E-state index in [9.17, 15) is 25.0 Å². The molecule has 0 bridgehead atoms. The Balaban J connectivity index is 2.88. The van der Waals surface area contributed by atoms with Crippen LogP contribution in [-0.2, 0) is 16.1 Å². The standard InChI is InChI=1S/C12H11N3O6/c1-2-3-11(13)12(16)21-7-8-4-9(14(17)18)6-10(5-8)15(19)20/h1,4-6,11H,3,7,13H2. The number of carbonyl (C=O) groups is 1. The number of nitro groups is 2. The number of nitrogens with zero attached hydrogens (tertiary/aromatic N) is 2. The van der Waals surface area contributed by atoms with Crippen LogP contribution in [0.4, 0.5) is 11.4 Å². The quantitative estimate of drug-likeness (QED) is 0.355. The molecule has 1 atom stereocenters. The van der Waals surface area contributed by atoms with Crippen molar-refractivity contribution < 1.29 is 19.4 Å². The molecular weight excluding hydrogens is 282 g/mol. The summed E-state index contributed by atoms with van der Waals surface area (Å²) in [6, 6.07) is 1.96. The fourth-order valence-electron chi connectivity index (χ4n) is 1.42. The lowest BCUT2D eigenvalue weighted by molar-refractivity contribution is -0.394. The van der Waals surface area contributed by atoms with Gasteiger partial charge in [0.05, 0.1) is 15.9 Å². The molecule has 1 rings (SSSR count). The first-order valence-corrected chi connectivity index (χ1v) is 5.63. The van der Waals surface area contributed by atoms with Crippen LogP contribution in [0.5, 0.6) is 0 Å². The number of ether oxygens (including phenoxy) is 1. The molecule has 21 heavy (non-hydrogen) atoms. The third-order valence-electron chi connectivity index (χ3n) is 2.41. The monoisotopic (exact) mass is 293 g/mol. The van der Waals surface area contributed by atoms with Crippen LogP contribution >= 0.6 is 0 Å². The lowest BCUT2D eigenvalue weighted by atomic mass is 10.2. The van der Waals surface area contributed by atoms with Gasteiger partial charge in [-0.1, -0.05) is 0 Å². The minimum Gasteiger partial charge on any atom is -0.460 e. The molecule has 0 saturated heterocycles. The zero-order chi connectivity index (χ0) is 16.0. The van der Waals surface area contributed by atoms with Gasteiger partial charge < -0.3 is 10.5 Å². The molecule has 0 spiro atoms. The Hall–Kier alpha value is -2.99. The summed E-state index contributed by atoms with van der Waals surface area (Å²) >= 11 is 0.